The smallest absolute Gasteiger partial charge is 0.0519 e. The minimum atomic E-state index is 0.825. The maximum atomic E-state index is 5.75. The van der Waals surface area contributed by atoms with Crippen molar-refractivity contribution in [2.24, 2.45) is 0 Å². The zero-order valence-corrected chi connectivity index (χ0v) is 10.4. The van der Waals surface area contributed by atoms with Crippen LogP contribution in [-0.2, 0) is 6.54 Å². The monoisotopic (exact) mass is 232 g/mol. The van der Waals surface area contributed by atoms with Crippen molar-refractivity contribution in [1.82, 2.24) is 0 Å². The Labute approximate surface area is 100 Å². The molecule has 2 nitrogen and oxygen atoms in total. The molecule has 1 aromatic carbocycles. The molecule has 1 aromatic heterocycles. The Morgan fingerprint density at radius 1 is 1.31 bits per heavy atom. The first kappa shape index (κ1) is 11.0. The van der Waals surface area contributed by atoms with E-state index in [-0.39, 0.29) is 0 Å². The molecular weight excluding hydrogens is 216 g/mol. The van der Waals surface area contributed by atoms with Gasteiger partial charge >= 0.3 is 0 Å². The molecule has 3 heteroatoms. The number of nitrogens with zero attached hydrogens (tertiary/aromatic N) is 1. The lowest BCUT2D eigenvalue weighted by Crippen LogP contribution is -2.16. The molecule has 1 heterocycles. The van der Waals surface area contributed by atoms with Gasteiger partial charge in [-0.2, -0.15) is 0 Å². The Kier molecular flexibility index (Phi) is 3.15. The van der Waals surface area contributed by atoms with Crippen LogP contribution in [0.1, 0.15) is 10.4 Å². The Morgan fingerprint density at radius 3 is 2.75 bits per heavy atom. The van der Waals surface area contributed by atoms with Crippen molar-refractivity contribution in [2.45, 2.75) is 13.5 Å². The van der Waals surface area contributed by atoms with Crippen molar-refractivity contribution < 1.29 is 0 Å². The van der Waals surface area contributed by atoms with Gasteiger partial charge in [0.15, 0.2) is 0 Å². The second-order valence-corrected chi connectivity index (χ2v) is 5.01. The summed E-state index contributed by atoms with van der Waals surface area (Å²) in [7, 11) is 2.11. The maximum Gasteiger partial charge on any atom is 0.0519 e. The molecule has 0 atom stereocenters. The molecule has 0 amide bonds. The summed E-state index contributed by atoms with van der Waals surface area (Å²) in [6.45, 7) is 3.04. The van der Waals surface area contributed by atoms with Crippen molar-refractivity contribution in [3.8, 4) is 0 Å². The normalized spacial score (nSPS) is 10.4. The molecule has 16 heavy (non-hydrogen) atoms. The average molecular weight is 232 g/mol. The first-order valence-corrected chi connectivity index (χ1v) is 6.14. The molecule has 0 saturated heterocycles. The van der Waals surface area contributed by atoms with E-state index in [9.17, 15) is 0 Å². The predicted molar refractivity (Wildman–Crippen MR) is 72.0 cm³/mol. The Morgan fingerprint density at radius 2 is 2.12 bits per heavy atom. The quantitative estimate of drug-likeness (QED) is 0.823. The topological polar surface area (TPSA) is 29.3 Å². The zero-order valence-electron chi connectivity index (χ0n) is 9.60. The number of nitrogens with two attached hydrogens (primary N) is 1. The van der Waals surface area contributed by atoms with Crippen LogP contribution in [0.15, 0.2) is 35.7 Å². The highest BCUT2D eigenvalue weighted by Gasteiger charge is 2.05. The third kappa shape index (κ3) is 2.36. The molecule has 2 N–H and O–H groups in total. The fourth-order valence-electron chi connectivity index (χ4n) is 1.83. The Hall–Kier alpha value is -1.48. The molecule has 0 saturated carbocycles. The summed E-state index contributed by atoms with van der Waals surface area (Å²) in [6.07, 6.45) is 0. The number of benzene rings is 1. The molecule has 0 aliphatic heterocycles. The Bertz CT molecular complexity index is 463. The summed E-state index contributed by atoms with van der Waals surface area (Å²) >= 11 is 1.79. The zero-order chi connectivity index (χ0) is 11.5. The fraction of sp³-hybridized carbons (Fsp3) is 0.231. The van der Waals surface area contributed by atoms with Gasteiger partial charge in [0.05, 0.1) is 6.54 Å². The Balaban J connectivity index is 2.17. The molecule has 2 aromatic rings. The highest BCUT2D eigenvalue weighted by molar-refractivity contribution is 7.09. The van der Waals surface area contributed by atoms with Crippen LogP contribution in [0.4, 0.5) is 11.4 Å². The lowest BCUT2D eigenvalue weighted by molar-refractivity contribution is 0.934. The van der Waals surface area contributed by atoms with Gasteiger partial charge in [-0.25, -0.2) is 0 Å². The van der Waals surface area contributed by atoms with Gasteiger partial charge in [0.1, 0.15) is 0 Å². The number of nitrogen functional groups attached to an aromatic ring is 1. The summed E-state index contributed by atoms with van der Waals surface area (Å²) in [4.78, 5) is 3.62. The number of rotatable bonds is 3. The van der Waals surface area contributed by atoms with E-state index in [2.05, 4.69) is 42.5 Å². The second kappa shape index (κ2) is 4.58. The van der Waals surface area contributed by atoms with Gasteiger partial charge < -0.3 is 10.6 Å². The summed E-state index contributed by atoms with van der Waals surface area (Å²) in [5.74, 6) is 0. The third-order valence-corrected chi connectivity index (χ3v) is 3.47. The van der Waals surface area contributed by atoms with E-state index in [1.54, 1.807) is 11.3 Å². The van der Waals surface area contributed by atoms with E-state index in [0.717, 1.165) is 12.2 Å². The van der Waals surface area contributed by atoms with Crippen molar-refractivity contribution in [2.75, 3.05) is 17.7 Å². The number of aryl methyl sites for hydroxylation is 1. The number of anilines is 2. The molecular formula is C13H16N2S. The predicted octanol–water partition coefficient (Wildman–Crippen LogP) is 3.28. The summed E-state index contributed by atoms with van der Waals surface area (Å²) in [6, 6.07) is 10.3. The molecule has 0 radical (unpaired) electrons. The van der Waals surface area contributed by atoms with E-state index in [4.69, 9.17) is 5.73 Å². The number of thiophene rings is 1. The van der Waals surface area contributed by atoms with Crippen molar-refractivity contribution in [3.05, 3.63) is 46.2 Å². The summed E-state index contributed by atoms with van der Waals surface area (Å²) < 4.78 is 0. The van der Waals surface area contributed by atoms with Crippen LogP contribution in [0, 0.1) is 6.92 Å². The number of hydrogen-bond acceptors (Lipinski definition) is 3. The third-order valence-electron chi connectivity index (χ3n) is 2.61. The molecule has 0 aliphatic carbocycles. The standard InChI is InChI=1S/C13H16N2S/c1-10-8-11(14)5-6-13(10)15(2)9-12-4-3-7-16-12/h3-8H,9,14H2,1-2H3. The molecule has 84 valence electrons. The van der Waals surface area contributed by atoms with Crippen molar-refractivity contribution in [3.63, 3.8) is 0 Å². The van der Waals surface area contributed by atoms with Gasteiger partial charge in [-0.3, -0.25) is 0 Å². The second-order valence-electron chi connectivity index (χ2n) is 3.98. The first-order valence-electron chi connectivity index (χ1n) is 5.26. The van der Waals surface area contributed by atoms with Gasteiger partial charge in [-0.15, -0.1) is 11.3 Å². The van der Waals surface area contributed by atoms with Gasteiger partial charge in [0, 0.05) is 23.3 Å². The van der Waals surface area contributed by atoms with Gasteiger partial charge in [-0.1, -0.05) is 6.07 Å². The molecule has 0 unspecified atom stereocenters. The first-order chi connectivity index (χ1) is 7.66. The van der Waals surface area contributed by atoms with Gasteiger partial charge in [-0.05, 0) is 42.1 Å². The molecule has 0 bridgehead atoms. The van der Waals surface area contributed by atoms with Crippen LogP contribution >= 0.6 is 11.3 Å². The highest BCUT2D eigenvalue weighted by Crippen LogP contribution is 2.23. The average Bonchev–Trinajstić information content (AvgIpc) is 2.70. The lowest BCUT2D eigenvalue weighted by Gasteiger charge is -2.21. The largest absolute Gasteiger partial charge is 0.399 e. The summed E-state index contributed by atoms with van der Waals surface area (Å²) in [5.41, 5.74) is 9.03. The van der Waals surface area contributed by atoms with Crippen molar-refractivity contribution in [1.29, 1.82) is 0 Å². The fourth-order valence-corrected chi connectivity index (χ4v) is 2.59. The van der Waals surface area contributed by atoms with Gasteiger partial charge in [0.25, 0.3) is 0 Å². The van der Waals surface area contributed by atoms with E-state index in [0.29, 0.717) is 0 Å². The molecule has 0 spiro atoms. The lowest BCUT2D eigenvalue weighted by atomic mass is 10.1. The van der Waals surface area contributed by atoms with Crippen LogP contribution in [0.3, 0.4) is 0 Å². The van der Waals surface area contributed by atoms with Crippen LogP contribution in [0.2, 0.25) is 0 Å². The minimum absolute atomic E-state index is 0.825. The van der Waals surface area contributed by atoms with Gasteiger partial charge in [0.2, 0.25) is 0 Å². The van der Waals surface area contributed by atoms with Crippen LogP contribution in [-0.4, -0.2) is 7.05 Å². The summed E-state index contributed by atoms with van der Waals surface area (Å²) in [5, 5.41) is 2.11. The maximum absolute atomic E-state index is 5.75. The SMILES string of the molecule is Cc1cc(N)ccc1N(C)Cc1cccs1. The van der Waals surface area contributed by atoms with Crippen LogP contribution < -0.4 is 10.6 Å². The minimum Gasteiger partial charge on any atom is -0.399 e. The number of hydrogen-bond donors (Lipinski definition) is 1. The molecule has 2 rings (SSSR count). The van der Waals surface area contributed by atoms with E-state index >= 15 is 0 Å². The van der Waals surface area contributed by atoms with Crippen LogP contribution in [0.25, 0.3) is 0 Å². The molecule has 0 aliphatic rings. The van der Waals surface area contributed by atoms with E-state index in [1.165, 1.54) is 16.1 Å². The van der Waals surface area contributed by atoms with E-state index in [1.807, 2.05) is 12.1 Å². The van der Waals surface area contributed by atoms with Crippen molar-refractivity contribution >= 4 is 22.7 Å². The molecule has 0 fully saturated rings. The van der Waals surface area contributed by atoms with E-state index < -0.39 is 0 Å². The van der Waals surface area contributed by atoms with Crippen LogP contribution in [0.5, 0.6) is 0 Å². The highest BCUT2D eigenvalue weighted by atomic mass is 32.1.